The quantitative estimate of drug-likeness (QED) is 0.895. The Balaban J connectivity index is 1.72. The number of aromatic nitrogens is 1. The van der Waals surface area contributed by atoms with E-state index in [0.717, 1.165) is 18.5 Å². The number of phenolic OH excluding ortho intramolecular Hbond substituents is 1. The van der Waals surface area contributed by atoms with Crippen LogP contribution in [0, 0.1) is 0 Å². The molecule has 0 unspecified atom stereocenters. The second kappa shape index (κ2) is 4.33. The van der Waals surface area contributed by atoms with E-state index >= 15 is 0 Å². The van der Waals surface area contributed by atoms with Crippen molar-refractivity contribution in [1.82, 2.24) is 9.88 Å². The summed E-state index contributed by atoms with van der Waals surface area (Å²) in [4.78, 5) is 17.6. The van der Waals surface area contributed by atoms with Gasteiger partial charge in [-0.3, -0.25) is 4.79 Å². The summed E-state index contributed by atoms with van der Waals surface area (Å²) in [7, 11) is 0. The van der Waals surface area contributed by atoms with Crippen LogP contribution in [0.3, 0.4) is 0 Å². The summed E-state index contributed by atoms with van der Waals surface area (Å²) in [6, 6.07) is 4.85. The Hall–Kier alpha value is -2.04. The lowest BCUT2D eigenvalue weighted by atomic mass is 10.3. The molecule has 1 amide bonds. The number of carbonyl (C=O) groups excluding carboxylic acids is 1. The Morgan fingerprint density at radius 3 is 3.11 bits per heavy atom. The van der Waals surface area contributed by atoms with Crippen LogP contribution in [0.4, 0.5) is 0 Å². The molecule has 1 fully saturated rings. The molecule has 0 aliphatic carbocycles. The van der Waals surface area contributed by atoms with E-state index in [9.17, 15) is 9.90 Å². The van der Waals surface area contributed by atoms with Gasteiger partial charge >= 0.3 is 0 Å². The smallest absolute Gasteiger partial charge is 0.222 e. The van der Waals surface area contributed by atoms with Crippen LogP contribution in [0.25, 0.3) is 11.1 Å². The molecule has 1 aromatic heterocycles. The fourth-order valence-corrected chi connectivity index (χ4v) is 2.24. The first kappa shape index (κ1) is 11.1. The molecule has 94 valence electrons. The lowest BCUT2D eigenvalue weighted by Crippen LogP contribution is -2.26. The zero-order valence-corrected chi connectivity index (χ0v) is 9.93. The minimum absolute atomic E-state index is 0.167. The van der Waals surface area contributed by atoms with Gasteiger partial charge in [0.15, 0.2) is 11.5 Å². The van der Waals surface area contributed by atoms with Crippen molar-refractivity contribution in [2.75, 3.05) is 13.1 Å². The average molecular weight is 246 g/mol. The maximum Gasteiger partial charge on any atom is 0.222 e. The van der Waals surface area contributed by atoms with Gasteiger partial charge in [-0.25, -0.2) is 4.98 Å². The third-order valence-corrected chi connectivity index (χ3v) is 3.18. The summed E-state index contributed by atoms with van der Waals surface area (Å²) in [6.45, 7) is 1.48. The average Bonchev–Trinajstić information content (AvgIpc) is 2.92. The maximum absolute atomic E-state index is 11.5. The van der Waals surface area contributed by atoms with Gasteiger partial charge in [0.05, 0.1) is 0 Å². The van der Waals surface area contributed by atoms with Gasteiger partial charge < -0.3 is 14.4 Å². The molecule has 1 aliphatic heterocycles. The number of likely N-dealkylation sites (tertiary alicyclic amines) is 1. The standard InChI is InChI=1S/C13H14N2O3/c16-9-3-4-10-11(8-9)18-12(14-10)5-7-15-6-1-2-13(15)17/h3-4,8,16H,1-2,5-7H2. The van der Waals surface area contributed by atoms with Gasteiger partial charge in [0.2, 0.25) is 5.91 Å². The van der Waals surface area contributed by atoms with Crippen molar-refractivity contribution >= 4 is 17.0 Å². The van der Waals surface area contributed by atoms with Crippen LogP contribution in [0.1, 0.15) is 18.7 Å². The normalized spacial score (nSPS) is 15.8. The van der Waals surface area contributed by atoms with Crippen molar-refractivity contribution in [3.05, 3.63) is 24.1 Å². The molecule has 18 heavy (non-hydrogen) atoms. The van der Waals surface area contributed by atoms with Crippen molar-refractivity contribution in [3.8, 4) is 5.75 Å². The first-order valence-corrected chi connectivity index (χ1v) is 6.08. The molecular weight excluding hydrogens is 232 g/mol. The van der Waals surface area contributed by atoms with Gasteiger partial charge in [0.1, 0.15) is 11.3 Å². The second-order valence-corrected chi connectivity index (χ2v) is 4.49. The highest BCUT2D eigenvalue weighted by molar-refractivity contribution is 5.78. The number of phenols is 1. The van der Waals surface area contributed by atoms with E-state index in [0.29, 0.717) is 30.9 Å². The molecule has 0 bridgehead atoms. The molecule has 5 heteroatoms. The first-order valence-electron chi connectivity index (χ1n) is 6.08. The molecule has 0 atom stereocenters. The molecule has 0 saturated carbocycles. The first-order chi connectivity index (χ1) is 8.72. The summed E-state index contributed by atoms with van der Waals surface area (Å²) < 4.78 is 5.53. The van der Waals surface area contributed by atoms with Crippen LogP contribution < -0.4 is 0 Å². The highest BCUT2D eigenvalue weighted by Gasteiger charge is 2.20. The van der Waals surface area contributed by atoms with E-state index in [1.165, 1.54) is 0 Å². The van der Waals surface area contributed by atoms with Crippen molar-refractivity contribution < 1.29 is 14.3 Å². The van der Waals surface area contributed by atoms with Crippen LogP contribution in [-0.4, -0.2) is 34.0 Å². The van der Waals surface area contributed by atoms with Crippen molar-refractivity contribution in [3.63, 3.8) is 0 Å². The van der Waals surface area contributed by atoms with Gasteiger partial charge in [-0.05, 0) is 18.6 Å². The third-order valence-electron chi connectivity index (χ3n) is 3.18. The minimum atomic E-state index is 0.167. The largest absolute Gasteiger partial charge is 0.508 e. The lowest BCUT2D eigenvalue weighted by Gasteiger charge is -2.13. The van der Waals surface area contributed by atoms with E-state index in [1.54, 1.807) is 18.2 Å². The number of amides is 1. The Morgan fingerprint density at radius 2 is 2.33 bits per heavy atom. The number of fused-ring (bicyclic) bond motifs is 1. The zero-order valence-electron chi connectivity index (χ0n) is 9.93. The molecule has 3 rings (SSSR count). The highest BCUT2D eigenvalue weighted by atomic mass is 16.3. The SMILES string of the molecule is O=C1CCCN1CCc1nc2ccc(O)cc2o1. The van der Waals surface area contributed by atoms with E-state index in [2.05, 4.69) is 4.98 Å². The molecule has 0 radical (unpaired) electrons. The van der Waals surface area contributed by atoms with Crippen LogP contribution in [0.15, 0.2) is 22.6 Å². The number of nitrogens with zero attached hydrogens (tertiary/aromatic N) is 2. The number of hydrogen-bond acceptors (Lipinski definition) is 4. The molecule has 1 aliphatic rings. The Morgan fingerprint density at radius 1 is 1.44 bits per heavy atom. The van der Waals surface area contributed by atoms with Crippen LogP contribution in [-0.2, 0) is 11.2 Å². The molecule has 0 spiro atoms. The number of benzene rings is 1. The van der Waals surface area contributed by atoms with Crippen LogP contribution in [0.2, 0.25) is 0 Å². The fraction of sp³-hybridized carbons (Fsp3) is 0.385. The topological polar surface area (TPSA) is 66.6 Å². The van der Waals surface area contributed by atoms with Gasteiger partial charge in [-0.15, -0.1) is 0 Å². The van der Waals surface area contributed by atoms with Crippen molar-refractivity contribution in [2.45, 2.75) is 19.3 Å². The summed E-state index contributed by atoms with van der Waals surface area (Å²) in [6.07, 6.45) is 2.21. The monoisotopic (exact) mass is 246 g/mol. The Bertz CT molecular complexity index is 591. The molecule has 1 saturated heterocycles. The molecule has 5 nitrogen and oxygen atoms in total. The summed E-state index contributed by atoms with van der Waals surface area (Å²) in [5.41, 5.74) is 1.31. The summed E-state index contributed by atoms with van der Waals surface area (Å²) in [5, 5.41) is 9.34. The molecule has 1 aromatic carbocycles. The van der Waals surface area contributed by atoms with Gasteiger partial charge in [0, 0.05) is 32.0 Å². The lowest BCUT2D eigenvalue weighted by molar-refractivity contribution is -0.127. The van der Waals surface area contributed by atoms with E-state index in [4.69, 9.17) is 4.42 Å². The third kappa shape index (κ3) is 2.03. The predicted octanol–water partition coefficient (Wildman–Crippen LogP) is 1.70. The van der Waals surface area contributed by atoms with Crippen LogP contribution >= 0.6 is 0 Å². The minimum Gasteiger partial charge on any atom is -0.508 e. The molecule has 2 heterocycles. The van der Waals surface area contributed by atoms with Gasteiger partial charge in [-0.2, -0.15) is 0 Å². The van der Waals surface area contributed by atoms with E-state index < -0.39 is 0 Å². The molecule has 1 N–H and O–H groups in total. The number of rotatable bonds is 3. The fourth-order valence-electron chi connectivity index (χ4n) is 2.24. The van der Waals surface area contributed by atoms with Crippen molar-refractivity contribution in [1.29, 1.82) is 0 Å². The zero-order chi connectivity index (χ0) is 12.5. The second-order valence-electron chi connectivity index (χ2n) is 4.49. The molecule has 2 aromatic rings. The highest BCUT2D eigenvalue weighted by Crippen LogP contribution is 2.21. The Kier molecular flexibility index (Phi) is 2.66. The van der Waals surface area contributed by atoms with Gasteiger partial charge in [0.25, 0.3) is 0 Å². The number of oxazole rings is 1. The van der Waals surface area contributed by atoms with E-state index in [1.807, 2.05) is 4.90 Å². The van der Waals surface area contributed by atoms with E-state index in [-0.39, 0.29) is 11.7 Å². The van der Waals surface area contributed by atoms with Crippen LogP contribution in [0.5, 0.6) is 5.75 Å². The number of hydrogen-bond donors (Lipinski definition) is 1. The summed E-state index contributed by atoms with van der Waals surface area (Å²) >= 11 is 0. The summed E-state index contributed by atoms with van der Waals surface area (Å²) in [5.74, 6) is 0.985. The Labute approximate surface area is 104 Å². The predicted molar refractivity (Wildman–Crippen MR) is 65.2 cm³/mol. The molecular formula is C13H14N2O3. The number of carbonyl (C=O) groups is 1. The maximum atomic E-state index is 11.5. The van der Waals surface area contributed by atoms with Gasteiger partial charge in [-0.1, -0.05) is 0 Å². The number of aromatic hydroxyl groups is 1. The van der Waals surface area contributed by atoms with Crippen molar-refractivity contribution in [2.24, 2.45) is 0 Å².